The first-order valence-corrected chi connectivity index (χ1v) is 12.3. The van der Waals surface area contributed by atoms with Crippen molar-refractivity contribution in [3.05, 3.63) is 48.0 Å². The number of imidazole rings is 1. The summed E-state index contributed by atoms with van der Waals surface area (Å²) in [5, 5.41) is 26.7. The van der Waals surface area contributed by atoms with Gasteiger partial charge in [0.05, 0.1) is 18.8 Å². The predicted molar refractivity (Wildman–Crippen MR) is 139 cm³/mol. The maximum absolute atomic E-state index is 13.2. The minimum atomic E-state index is -1.33. The van der Waals surface area contributed by atoms with Gasteiger partial charge in [0.2, 0.25) is 23.6 Å². The molecular weight excluding hydrogens is 510 g/mol. The van der Waals surface area contributed by atoms with Gasteiger partial charge in [-0.3, -0.25) is 19.2 Å². The van der Waals surface area contributed by atoms with Crippen molar-refractivity contribution < 1.29 is 34.2 Å². The number of rotatable bonds is 15. The number of primary amides is 1. The monoisotopic (exact) mass is 545 g/mol. The molecule has 212 valence electrons. The Balaban J connectivity index is 2.21. The number of phenols is 1. The molecule has 2 aromatic rings. The average Bonchev–Trinajstić information content (AvgIpc) is 3.36. The summed E-state index contributed by atoms with van der Waals surface area (Å²) in [6.07, 6.45) is 2.50. The zero-order chi connectivity index (χ0) is 29.1. The molecule has 0 aliphatic carbocycles. The molecule has 1 aromatic carbocycles. The quantitative estimate of drug-likeness (QED) is 0.132. The fraction of sp³-hybridized carbons (Fsp3) is 0.440. The first kappa shape index (κ1) is 30.8. The predicted octanol–water partition coefficient (Wildman–Crippen LogP) is -1.31. The Morgan fingerprint density at radius 2 is 1.51 bits per heavy atom. The number of hydrogen-bond donors (Lipinski definition) is 8. The fourth-order valence-electron chi connectivity index (χ4n) is 3.73. The van der Waals surface area contributed by atoms with Crippen LogP contribution in [0, 0.1) is 5.92 Å². The third kappa shape index (κ3) is 10.4. The van der Waals surface area contributed by atoms with Gasteiger partial charge in [-0.25, -0.2) is 9.78 Å². The lowest BCUT2D eigenvalue weighted by Gasteiger charge is -2.26. The lowest BCUT2D eigenvalue weighted by Crippen LogP contribution is -2.58. The molecule has 0 radical (unpaired) electrons. The van der Waals surface area contributed by atoms with E-state index in [1.807, 2.05) is 13.8 Å². The van der Waals surface area contributed by atoms with Gasteiger partial charge in [0.1, 0.15) is 23.9 Å². The topological polar surface area (TPSA) is 243 Å². The SMILES string of the molecule is CC(C)CC(NC(=O)C(N)CC(N)=O)C(=O)NC(Cc1cnc[nH]1)C(=O)NC(Cc1ccc(O)cc1)C(=O)O. The second-order valence-corrected chi connectivity index (χ2v) is 9.58. The Labute approximate surface area is 224 Å². The Morgan fingerprint density at radius 3 is 2.05 bits per heavy atom. The van der Waals surface area contributed by atoms with E-state index in [1.54, 1.807) is 0 Å². The molecule has 2 rings (SSSR count). The van der Waals surface area contributed by atoms with E-state index >= 15 is 0 Å². The summed E-state index contributed by atoms with van der Waals surface area (Å²) in [7, 11) is 0. The summed E-state index contributed by atoms with van der Waals surface area (Å²) in [4.78, 5) is 68.7. The number of nitrogens with two attached hydrogens (primary N) is 2. The minimum absolute atomic E-state index is 0.00983. The van der Waals surface area contributed by atoms with E-state index in [1.165, 1.54) is 36.8 Å². The molecule has 0 bridgehead atoms. The van der Waals surface area contributed by atoms with Crippen LogP contribution in [0.4, 0.5) is 0 Å². The van der Waals surface area contributed by atoms with Crippen molar-refractivity contribution >= 4 is 29.6 Å². The number of amides is 4. The van der Waals surface area contributed by atoms with Crippen molar-refractivity contribution in [1.82, 2.24) is 25.9 Å². The molecular formula is C25H35N7O7. The van der Waals surface area contributed by atoms with Crippen LogP contribution < -0.4 is 27.4 Å². The summed E-state index contributed by atoms with van der Waals surface area (Å²) >= 11 is 0. The number of carboxylic acids is 1. The number of phenolic OH excluding ortho intramolecular Hbond substituents is 1. The highest BCUT2D eigenvalue weighted by Gasteiger charge is 2.31. The molecule has 0 aliphatic heterocycles. The van der Waals surface area contributed by atoms with Crippen LogP contribution >= 0.6 is 0 Å². The molecule has 0 aliphatic rings. The number of H-pyrrole nitrogens is 1. The Bertz CT molecular complexity index is 1140. The second-order valence-electron chi connectivity index (χ2n) is 9.58. The van der Waals surface area contributed by atoms with Gasteiger partial charge < -0.3 is 42.6 Å². The Hall–Kier alpha value is -4.46. The van der Waals surface area contributed by atoms with Crippen molar-refractivity contribution in [2.24, 2.45) is 17.4 Å². The molecule has 1 aromatic heterocycles. The summed E-state index contributed by atoms with van der Waals surface area (Å²) < 4.78 is 0. The van der Waals surface area contributed by atoms with Crippen LogP contribution in [-0.4, -0.2) is 73.9 Å². The summed E-state index contributed by atoms with van der Waals surface area (Å²) in [6, 6.07) is 0.941. The number of carbonyl (C=O) groups excluding carboxylic acids is 4. The van der Waals surface area contributed by atoms with Crippen molar-refractivity contribution in [2.45, 2.75) is 63.7 Å². The zero-order valence-electron chi connectivity index (χ0n) is 21.7. The minimum Gasteiger partial charge on any atom is -0.508 e. The second kappa shape index (κ2) is 14.5. The van der Waals surface area contributed by atoms with Crippen LogP contribution in [0.2, 0.25) is 0 Å². The van der Waals surface area contributed by atoms with Gasteiger partial charge in [-0.2, -0.15) is 0 Å². The molecule has 10 N–H and O–H groups in total. The van der Waals surface area contributed by atoms with Crippen molar-refractivity contribution in [2.75, 3.05) is 0 Å². The number of nitrogens with one attached hydrogen (secondary N) is 4. The summed E-state index contributed by atoms with van der Waals surface area (Å²) in [5.74, 6) is -4.34. The number of aromatic amines is 1. The fourth-order valence-corrected chi connectivity index (χ4v) is 3.73. The van der Waals surface area contributed by atoms with E-state index in [0.29, 0.717) is 11.3 Å². The molecule has 4 amide bonds. The van der Waals surface area contributed by atoms with Crippen molar-refractivity contribution in [3.8, 4) is 5.75 Å². The van der Waals surface area contributed by atoms with E-state index in [2.05, 4.69) is 25.9 Å². The highest BCUT2D eigenvalue weighted by molar-refractivity contribution is 5.95. The van der Waals surface area contributed by atoms with Crippen LogP contribution in [0.3, 0.4) is 0 Å². The highest BCUT2D eigenvalue weighted by atomic mass is 16.4. The highest BCUT2D eigenvalue weighted by Crippen LogP contribution is 2.12. The number of carbonyl (C=O) groups is 5. The van der Waals surface area contributed by atoms with Gasteiger partial charge in [0.25, 0.3) is 0 Å². The lowest BCUT2D eigenvalue weighted by atomic mass is 10.0. The van der Waals surface area contributed by atoms with Crippen LogP contribution in [0.25, 0.3) is 0 Å². The van der Waals surface area contributed by atoms with Gasteiger partial charge in [-0.05, 0) is 30.0 Å². The van der Waals surface area contributed by atoms with Crippen LogP contribution in [0.1, 0.15) is 37.9 Å². The Morgan fingerprint density at radius 1 is 0.923 bits per heavy atom. The smallest absolute Gasteiger partial charge is 0.326 e. The molecule has 0 saturated carbocycles. The first-order chi connectivity index (χ1) is 18.3. The normalized spacial score (nSPS) is 14.1. The zero-order valence-corrected chi connectivity index (χ0v) is 21.7. The van der Waals surface area contributed by atoms with Gasteiger partial charge in [-0.1, -0.05) is 26.0 Å². The van der Waals surface area contributed by atoms with Gasteiger partial charge in [0, 0.05) is 24.7 Å². The molecule has 39 heavy (non-hydrogen) atoms. The summed E-state index contributed by atoms with van der Waals surface area (Å²) in [5.41, 5.74) is 11.9. The van der Waals surface area contributed by atoms with Gasteiger partial charge in [-0.15, -0.1) is 0 Å². The average molecular weight is 546 g/mol. The number of nitrogens with zero attached hydrogens (tertiary/aromatic N) is 1. The molecule has 4 atom stereocenters. The molecule has 4 unspecified atom stereocenters. The van der Waals surface area contributed by atoms with Crippen molar-refractivity contribution in [3.63, 3.8) is 0 Å². The largest absolute Gasteiger partial charge is 0.508 e. The van der Waals surface area contributed by atoms with Crippen molar-refractivity contribution in [1.29, 1.82) is 0 Å². The van der Waals surface area contributed by atoms with E-state index in [9.17, 15) is 34.2 Å². The third-order valence-electron chi connectivity index (χ3n) is 5.70. The summed E-state index contributed by atoms with van der Waals surface area (Å²) in [6.45, 7) is 3.65. The van der Waals surface area contributed by atoms with E-state index in [4.69, 9.17) is 11.5 Å². The van der Waals surface area contributed by atoms with Crippen LogP contribution in [0.5, 0.6) is 5.75 Å². The molecule has 0 spiro atoms. The molecule has 0 fully saturated rings. The lowest BCUT2D eigenvalue weighted by molar-refractivity contribution is -0.142. The molecule has 14 heteroatoms. The first-order valence-electron chi connectivity index (χ1n) is 12.3. The van der Waals surface area contributed by atoms with Crippen LogP contribution in [0.15, 0.2) is 36.8 Å². The van der Waals surface area contributed by atoms with Crippen LogP contribution in [-0.2, 0) is 36.8 Å². The van der Waals surface area contributed by atoms with E-state index in [-0.39, 0.29) is 30.9 Å². The number of aromatic nitrogens is 2. The standard InChI is InChI=1S/C25H35N7O7/c1-13(2)7-18(30-22(35)17(26)10-21(27)34)23(36)31-19(9-15-11-28-12-29-15)24(37)32-20(25(38)39)8-14-3-5-16(33)6-4-14/h3-6,11-13,17-20,33H,7-10,26H2,1-2H3,(H2,27,34)(H,28,29)(H,30,35)(H,31,36)(H,32,37)(H,38,39). The number of benzene rings is 1. The molecule has 14 nitrogen and oxygen atoms in total. The van der Waals surface area contributed by atoms with E-state index in [0.717, 1.165) is 0 Å². The number of aliphatic carboxylic acids is 1. The van der Waals surface area contributed by atoms with E-state index < -0.39 is 60.2 Å². The van der Waals surface area contributed by atoms with Gasteiger partial charge in [0.15, 0.2) is 0 Å². The number of hydrogen-bond acceptors (Lipinski definition) is 8. The third-order valence-corrected chi connectivity index (χ3v) is 5.70. The number of aromatic hydroxyl groups is 1. The number of carboxylic acid groups (broad SMARTS) is 1. The van der Waals surface area contributed by atoms with Gasteiger partial charge >= 0.3 is 5.97 Å². The Kier molecular flexibility index (Phi) is 11.4. The molecule has 0 saturated heterocycles. The molecule has 1 heterocycles. The maximum Gasteiger partial charge on any atom is 0.326 e. The maximum atomic E-state index is 13.2.